The van der Waals surface area contributed by atoms with Crippen molar-refractivity contribution in [2.75, 3.05) is 5.75 Å². The monoisotopic (exact) mass is 299 g/mol. The molecule has 0 atom stereocenters. The van der Waals surface area contributed by atoms with Crippen LogP contribution in [0.2, 0.25) is 0 Å². The van der Waals surface area contributed by atoms with Crippen molar-refractivity contribution in [3.8, 4) is 0 Å². The Bertz CT molecular complexity index is 606. The number of para-hydroxylation sites is 1. The molecule has 2 heteroatoms. The van der Waals surface area contributed by atoms with E-state index >= 15 is 0 Å². The zero-order valence-electron chi connectivity index (χ0n) is 13.0. The Labute approximate surface area is 132 Å². The summed E-state index contributed by atoms with van der Waals surface area (Å²) in [5.41, 5.74) is 4.12. The molecule has 0 spiro atoms. The van der Waals surface area contributed by atoms with Crippen LogP contribution in [0.1, 0.15) is 56.7 Å². The predicted octanol–water partition coefficient (Wildman–Crippen LogP) is 5.79. The van der Waals surface area contributed by atoms with E-state index in [1.54, 1.807) is 5.56 Å². The highest BCUT2D eigenvalue weighted by atomic mass is 32.2. The summed E-state index contributed by atoms with van der Waals surface area (Å²) in [5, 5.41) is 1.37. The van der Waals surface area contributed by atoms with Crippen molar-refractivity contribution >= 4 is 22.7 Å². The number of hydrogen-bond acceptors (Lipinski definition) is 2. The number of rotatable bonds is 6. The maximum atomic E-state index is 4.92. The van der Waals surface area contributed by atoms with E-state index in [0.29, 0.717) is 0 Å². The highest BCUT2D eigenvalue weighted by Crippen LogP contribution is 2.36. The van der Waals surface area contributed by atoms with Gasteiger partial charge < -0.3 is 0 Å². The zero-order valence-corrected chi connectivity index (χ0v) is 13.8. The molecular formula is C19H25NS. The second-order valence-corrected chi connectivity index (χ2v) is 7.10. The maximum absolute atomic E-state index is 4.92. The molecule has 0 aliphatic heterocycles. The van der Waals surface area contributed by atoms with Crippen LogP contribution in [0.5, 0.6) is 0 Å². The van der Waals surface area contributed by atoms with E-state index in [9.17, 15) is 0 Å². The largest absolute Gasteiger partial charge is 0.252 e. The van der Waals surface area contributed by atoms with E-state index in [4.69, 9.17) is 4.98 Å². The van der Waals surface area contributed by atoms with Crippen LogP contribution in [-0.4, -0.2) is 10.7 Å². The van der Waals surface area contributed by atoms with Crippen LogP contribution in [0.25, 0.3) is 10.9 Å². The number of aromatic nitrogens is 1. The van der Waals surface area contributed by atoms with E-state index in [0.717, 1.165) is 0 Å². The normalized spacial score (nSPS) is 14.3. The fraction of sp³-hybridized carbons (Fsp3) is 0.526. The van der Waals surface area contributed by atoms with E-state index in [1.165, 1.54) is 78.6 Å². The number of hydrogen-bond donors (Lipinski definition) is 0. The third-order valence-electron chi connectivity index (χ3n) is 4.36. The molecule has 21 heavy (non-hydrogen) atoms. The van der Waals surface area contributed by atoms with Gasteiger partial charge in [-0.05, 0) is 49.5 Å². The molecule has 1 aromatic heterocycles. The Morgan fingerprint density at radius 1 is 1.05 bits per heavy atom. The van der Waals surface area contributed by atoms with Gasteiger partial charge in [0.1, 0.15) is 0 Å². The van der Waals surface area contributed by atoms with Gasteiger partial charge in [0.2, 0.25) is 0 Å². The van der Waals surface area contributed by atoms with Crippen molar-refractivity contribution in [3.05, 3.63) is 35.5 Å². The fourth-order valence-electron chi connectivity index (χ4n) is 3.20. The summed E-state index contributed by atoms with van der Waals surface area (Å²) in [5.74, 6) is 1.25. The number of benzene rings is 1. The Morgan fingerprint density at radius 2 is 1.90 bits per heavy atom. The number of nitrogens with zero attached hydrogens (tertiary/aromatic N) is 1. The van der Waals surface area contributed by atoms with Crippen LogP contribution in [0.15, 0.2) is 29.2 Å². The van der Waals surface area contributed by atoms with Gasteiger partial charge in [0.05, 0.1) is 5.52 Å². The standard InChI is InChI=1S/C19H25NS/c1-2-3-4-9-14-21-19-15-10-5-7-12-17(15)20-18-13-8-6-11-16(18)19/h5,7,10,12H,2-4,6,8-9,11,13-14H2,1H3. The Morgan fingerprint density at radius 3 is 2.81 bits per heavy atom. The molecule has 0 saturated heterocycles. The third-order valence-corrected chi connectivity index (χ3v) is 5.61. The molecule has 0 bridgehead atoms. The van der Waals surface area contributed by atoms with Gasteiger partial charge in [-0.2, -0.15) is 0 Å². The molecule has 1 nitrogen and oxygen atoms in total. The number of unbranched alkanes of at least 4 members (excludes halogenated alkanes) is 3. The van der Waals surface area contributed by atoms with E-state index in [1.807, 2.05) is 0 Å². The van der Waals surface area contributed by atoms with Crippen LogP contribution < -0.4 is 0 Å². The minimum atomic E-state index is 1.17. The first-order chi connectivity index (χ1) is 10.4. The molecule has 1 aliphatic carbocycles. The smallest absolute Gasteiger partial charge is 0.0716 e. The van der Waals surface area contributed by atoms with Gasteiger partial charge >= 0.3 is 0 Å². The molecule has 0 amide bonds. The first-order valence-electron chi connectivity index (χ1n) is 8.43. The molecule has 0 unspecified atom stereocenters. The van der Waals surface area contributed by atoms with E-state index < -0.39 is 0 Å². The molecule has 0 N–H and O–H groups in total. The molecule has 1 aromatic carbocycles. The molecule has 0 radical (unpaired) electrons. The average Bonchev–Trinajstić information content (AvgIpc) is 2.53. The van der Waals surface area contributed by atoms with Crippen molar-refractivity contribution in [2.45, 2.75) is 63.2 Å². The van der Waals surface area contributed by atoms with Gasteiger partial charge in [0, 0.05) is 16.0 Å². The van der Waals surface area contributed by atoms with Gasteiger partial charge in [0.25, 0.3) is 0 Å². The first kappa shape index (κ1) is 14.9. The van der Waals surface area contributed by atoms with Crippen molar-refractivity contribution in [2.24, 2.45) is 0 Å². The van der Waals surface area contributed by atoms with Gasteiger partial charge in [-0.15, -0.1) is 11.8 Å². The maximum Gasteiger partial charge on any atom is 0.0716 e. The third kappa shape index (κ3) is 3.42. The van der Waals surface area contributed by atoms with E-state index in [-0.39, 0.29) is 0 Å². The molecule has 0 saturated carbocycles. The summed E-state index contributed by atoms with van der Waals surface area (Å²) in [6.45, 7) is 2.28. The lowest BCUT2D eigenvalue weighted by molar-refractivity contribution is 0.661. The molecular weight excluding hydrogens is 274 g/mol. The van der Waals surface area contributed by atoms with Crippen LogP contribution in [-0.2, 0) is 12.8 Å². The van der Waals surface area contributed by atoms with Crippen LogP contribution in [0.4, 0.5) is 0 Å². The van der Waals surface area contributed by atoms with Gasteiger partial charge in [-0.1, -0.05) is 44.4 Å². The number of pyridine rings is 1. The molecule has 1 aliphatic rings. The lowest BCUT2D eigenvalue weighted by Crippen LogP contribution is -2.07. The average molecular weight is 299 g/mol. The van der Waals surface area contributed by atoms with Crippen LogP contribution in [0.3, 0.4) is 0 Å². The van der Waals surface area contributed by atoms with Crippen molar-refractivity contribution in [1.29, 1.82) is 0 Å². The van der Waals surface area contributed by atoms with Gasteiger partial charge in [0.15, 0.2) is 0 Å². The minimum absolute atomic E-state index is 1.17. The highest BCUT2D eigenvalue weighted by Gasteiger charge is 2.17. The Hall–Kier alpha value is -1.02. The second kappa shape index (κ2) is 7.31. The van der Waals surface area contributed by atoms with Crippen molar-refractivity contribution in [1.82, 2.24) is 4.98 Å². The van der Waals surface area contributed by atoms with Crippen molar-refractivity contribution in [3.63, 3.8) is 0 Å². The second-order valence-electron chi connectivity index (χ2n) is 6.00. The zero-order chi connectivity index (χ0) is 14.5. The summed E-state index contributed by atoms with van der Waals surface area (Å²) >= 11 is 2.07. The van der Waals surface area contributed by atoms with Crippen LogP contribution in [0, 0.1) is 0 Å². The molecule has 3 rings (SSSR count). The number of thioether (sulfide) groups is 1. The minimum Gasteiger partial charge on any atom is -0.252 e. The summed E-state index contributed by atoms with van der Waals surface area (Å²) in [4.78, 5) is 6.45. The summed E-state index contributed by atoms with van der Waals surface area (Å²) in [6.07, 6.45) is 10.4. The molecule has 2 aromatic rings. The fourth-order valence-corrected chi connectivity index (χ4v) is 4.47. The molecule has 112 valence electrons. The first-order valence-corrected chi connectivity index (χ1v) is 9.42. The van der Waals surface area contributed by atoms with E-state index in [2.05, 4.69) is 43.0 Å². The predicted molar refractivity (Wildman–Crippen MR) is 93.3 cm³/mol. The number of fused-ring (bicyclic) bond motifs is 2. The van der Waals surface area contributed by atoms with Gasteiger partial charge in [-0.25, -0.2) is 0 Å². The summed E-state index contributed by atoms with van der Waals surface area (Å²) < 4.78 is 0. The lowest BCUT2D eigenvalue weighted by atomic mass is 9.94. The van der Waals surface area contributed by atoms with Gasteiger partial charge in [-0.3, -0.25) is 4.98 Å². The Kier molecular flexibility index (Phi) is 5.18. The quantitative estimate of drug-likeness (QED) is 0.495. The van der Waals surface area contributed by atoms with Crippen LogP contribution >= 0.6 is 11.8 Å². The molecule has 1 heterocycles. The highest BCUT2D eigenvalue weighted by molar-refractivity contribution is 7.99. The molecule has 0 fully saturated rings. The Balaban J connectivity index is 1.87. The lowest BCUT2D eigenvalue weighted by Gasteiger charge is -2.20. The topological polar surface area (TPSA) is 12.9 Å². The SMILES string of the molecule is CCCCCCSc1c2c(nc3ccccc13)CCCC2. The van der Waals surface area contributed by atoms with Crippen molar-refractivity contribution < 1.29 is 0 Å². The number of aryl methyl sites for hydroxylation is 1. The summed E-state index contributed by atoms with van der Waals surface area (Å²) in [6, 6.07) is 8.69. The summed E-state index contributed by atoms with van der Waals surface area (Å²) in [7, 11) is 0.